The largest absolute Gasteiger partial charge is 0.494 e. The van der Waals surface area contributed by atoms with Crippen LogP contribution in [-0.2, 0) is 0 Å². The number of nitrogens with zero attached hydrogens (tertiary/aromatic N) is 4. The number of hydrogen-bond donors (Lipinski definition) is 0. The van der Waals surface area contributed by atoms with Gasteiger partial charge in [-0.15, -0.1) is 5.10 Å². The second kappa shape index (κ2) is 10.1. The number of thiazole rings is 1. The van der Waals surface area contributed by atoms with Crippen LogP contribution in [0.25, 0.3) is 33.7 Å². The fourth-order valence-corrected chi connectivity index (χ4v) is 4.63. The van der Waals surface area contributed by atoms with E-state index < -0.39 is 4.92 Å². The van der Waals surface area contributed by atoms with Crippen LogP contribution >= 0.6 is 11.3 Å². The predicted octanol–water partition coefficient (Wildman–Crippen LogP) is 5.10. The van der Waals surface area contributed by atoms with Crippen molar-refractivity contribution in [3.05, 3.63) is 91.4 Å². The molecule has 0 aliphatic heterocycles. The number of rotatable bonds is 9. The topological polar surface area (TPSA) is 113 Å². The summed E-state index contributed by atoms with van der Waals surface area (Å²) in [6.07, 6.45) is 4.90. The first-order chi connectivity index (χ1) is 17.5. The Hall–Kier alpha value is -4.31. The Morgan fingerprint density at radius 3 is 2.67 bits per heavy atom. The van der Waals surface area contributed by atoms with E-state index >= 15 is 0 Å². The van der Waals surface area contributed by atoms with E-state index in [2.05, 4.69) is 17.0 Å². The van der Waals surface area contributed by atoms with Gasteiger partial charge in [0.2, 0.25) is 4.96 Å². The number of para-hydroxylation sites is 1. The van der Waals surface area contributed by atoms with Crippen molar-refractivity contribution < 1.29 is 14.1 Å². The minimum atomic E-state index is -0.456. The third kappa shape index (κ3) is 4.76. The summed E-state index contributed by atoms with van der Waals surface area (Å²) < 4.78 is 13.2. The Morgan fingerprint density at radius 2 is 1.92 bits per heavy atom. The van der Waals surface area contributed by atoms with Crippen LogP contribution in [0.5, 0.6) is 5.75 Å². The van der Waals surface area contributed by atoms with Gasteiger partial charge < -0.3 is 9.15 Å². The standard InChI is InChI=1S/C26H22N4O5S/c1-2-3-6-15-34-18-11-9-17(10-12-18)24-27-26-29(28-24)25(31)23(36-26)16-19-13-14-22(35-19)20-7-4-5-8-21(20)30(32)33/h4-5,7-14,16H,2-3,6,15H2,1H3/b23-16+. The van der Waals surface area contributed by atoms with Crippen molar-refractivity contribution in [1.82, 2.24) is 14.6 Å². The molecule has 0 aliphatic rings. The molecule has 0 atom stereocenters. The van der Waals surface area contributed by atoms with Gasteiger partial charge >= 0.3 is 0 Å². The summed E-state index contributed by atoms with van der Waals surface area (Å²) in [6, 6.07) is 17.1. The lowest BCUT2D eigenvalue weighted by Crippen LogP contribution is -2.23. The summed E-state index contributed by atoms with van der Waals surface area (Å²) in [4.78, 5) is 28.7. The molecule has 0 unspecified atom stereocenters. The monoisotopic (exact) mass is 502 g/mol. The summed E-state index contributed by atoms with van der Waals surface area (Å²) in [6.45, 7) is 2.84. The predicted molar refractivity (Wildman–Crippen MR) is 137 cm³/mol. The summed E-state index contributed by atoms with van der Waals surface area (Å²) in [5.41, 5.74) is 0.796. The van der Waals surface area contributed by atoms with Crippen LogP contribution in [0.15, 0.2) is 69.9 Å². The summed E-state index contributed by atoms with van der Waals surface area (Å²) in [7, 11) is 0. The summed E-state index contributed by atoms with van der Waals surface area (Å²) in [5.74, 6) is 2.00. The molecular formula is C26H22N4O5S. The lowest BCUT2D eigenvalue weighted by atomic mass is 10.1. The Morgan fingerprint density at radius 1 is 1.11 bits per heavy atom. The molecule has 0 saturated heterocycles. The van der Waals surface area contributed by atoms with E-state index in [9.17, 15) is 14.9 Å². The van der Waals surface area contributed by atoms with E-state index in [-0.39, 0.29) is 11.2 Å². The Balaban J connectivity index is 1.38. The van der Waals surface area contributed by atoms with Crippen molar-refractivity contribution in [3.63, 3.8) is 0 Å². The van der Waals surface area contributed by atoms with Crippen molar-refractivity contribution in [1.29, 1.82) is 0 Å². The molecule has 5 aromatic rings. The molecule has 0 spiro atoms. The summed E-state index contributed by atoms with van der Waals surface area (Å²) in [5, 5.41) is 15.7. The smallest absolute Gasteiger partial charge is 0.291 e. The van der Waals surface area contributed by atoms with E-state index in [0.29, 0.717) is 39.0 Å². The first-order valence-corrected chi connectivity index (χ1v) is 12.3. The van der Waals surface area contributed by atoms with Crippen molar-refractivity contribution >= 4 is 28.1 Å². The number of aromatic nitrogens is 3. The number of nitro groups is 1. The van der Waals surface area contributed by atoms with Crippen LogP contribution in [0, 0.1) is 10.1 Å². The third-order valence-electron chi connectivity index (χ3n) is 5.58. The van der Waals surface area contributed by atoms with Crippen LogP contribution < -0.4 is 14.8 Å². The number of nitro benzene ring substituents is 1. The van der Waals surface area contributed by atoms with Crippen LogP contribution in [0.4, 0.5) is 5.69 Å². The van der Waals surface area contributed by atoms with Crippen LogP contribution in [0.2, 0.25) is 0 Å². The van der Waals surface area contributed by atoms with Gasteiger partial charge in [0, 0.05) is 17.7 Å². The van der Waals surface area contributed by atoms with Gasteiger partial charge in [0.05, 0.1) is 17.1 Å². The number of fused-ring (bicyclic) bond motifs is 1. The SMILES string of the molecule is CCCCCOc1ccc(-c2nc3s/c(=C/c4ccc(-c5ccccc5[N+](=O)[O-])o4)c(=O)n3n2)cc1. The van der Waals surface area contributed by atoms with Gasteiger partial charge in [-0.3, -0.25) is 14.9 Å². The highest BCUT2D eigenvalue weighted by molar-refractivity contribution is 7.15. The van der Waals surface area contributed by atoms with Gasteiger partial charge in [-0.2, -0.15) is 9.50 Å². The molecule has 0 amide bonds. The minimum absolute atomic E-state index is 0.0506. The first-order valence-electron chi connectivity index (χ1n) is 11.5. The average molecular weight is 503 g/mol. The molecule has 2 aromatic carbocycles. The van der Waals surface area contributed by atoms with Crippen LogP contribution in [0.3, 0.4) is 0 Å². The normalized spacial score (nSPS) is 11.9. The zero-order valence-corrected chi connectivity index (χ0v) is 20.2. The highest BCUT2D eigenvalue weighted by atomic mass is 32.1. The van der Waals surface area contributed by atoms with Crippen LogP contribution in [0.1, 0.15) is 31.9 Å². The molecule has 3 heterocycles. The molecular weight excluding hydrogens is 480 g/mol. The molecule has 36 heavy (non-hydrogen) atoms. The number of benzene rings is 2. The van der Waals surface area contributed by atoms with Gasteiger partial charge in [-0.1, -0.05) is 43.2 Å². The maximum atomic E-state index is 12.9. The Bertz CT molecular complexity index is 1640. The maximum absolute atomic E-state index is 12.9. The highest BCUT2D eigenvalue weighted by Crippen LogP contribution is 2.31. The molecule has 0 saturated carbocycles. The van der Waals surface area contributed by atoms with Crippen molar-refractivity contribution in [2.75, 3.05) is 6.61 Å². The van der Waals surface area contributed by atoms with Gasteiger partial charge in [0.15, 0.2) is 5.82 Å². The van der Waals surface area contributed by atoms with Gasteiger partial charge in [-0.25, -0.2) is 0 Å². The molecule has 182 valence electrons. The van der Waals surface area contributed by atoms with Crippen molar-refractivity contribution in [2.24, 2.45) is 0 Å². The number of ether oxygens (including phenoxy) is 1. The lowest BCUT2D eigenvalue weighted by Gasteiger charge is -2.05. The van der Waals surface area contributed by atoms with Gasteiger partial charge in [0.25, 0.3) is 11.2 Å². The molecule has 0 N–H and O–H groups in total. The zero-order valence-electron chi connectivity index (χ0n) is 19.4. The van der Waals surface area contributed by atoms with Gasteiger partial charge in [0.1, 0.15) is 21.8 Å². The molecule has 3 aromatic heterocycles. The van der Waals surface area contributed by atoms with Gasteiger partial charge in [-0.05, 0) is 48.9 Å². The van der Waals surface area contributed by atoms with E-state index in [1.807, 2.05) is 24.3 Å². The fourth-order valence-electron chi connectivity index (χ4n) is 3.74. The Kier molecular flexibility index (Phi) is 6.59. The zero-order chi connectivity index (χ0) is 25.1. The fraction of sp³-hybridized carbons (Fsp3) is 0.192. The number of furan rings is 1. The van der Waals surface area contributed by atoms with E-state index in [1.54, 1.807) is 36.4 Å². The molecule has 0 bridgehead atoms. The number of unbranched alkanes of at least 4 members (excludes halogenated alkanes) is 2. The quantitative estimate of drug-likeness (QED) is 0.156. The van der Waals surface area contributed by atoms with Crippen molar-refractivity contribution in [2.45, 2.75) is 26.2 Å². The minimum Gasteiger partial charge on any atom is -0.494 e. The van der Waals surface area contributed by atoms with E-state index in [1.165, 1.54) is 21.9 Å². The lowest BCUT2D eigenvalue weighted by molar-refractivity contribution is -0.384. The third-order valence-corrected chi connectivity index (χ3v) is 6.54. The molecule has 9 nitrogen and oxygen atoms in total. The molecule has 0 fully saturated rings. The first kappa shape index (κ1) is 23.4. The summed E-state index contributed by atoms with van der Waals surface area (Å²) >= 11 is 1.19. The molecule has 0 radical (unpaired) electrons. The highest BCUT2D eigenvalue weighted by Gasteiger charge is 2.17. The second-order valence-electron chi connectivity index (χ2n) is 8.10. The Labute approximate surface area is 209 Å². The van der Waals surface area contributed by atoms with Crippen LogP contribution in [-0.4, -0.2) is 26.1 Å². The average Bonchev–Trinajstić information content (AvgIpc) is 3.60. The maximum Gasteiger partial charge on any atom is 0.291 e. The second-order valence-corrected chi connectivity index (χ2v) is 9.11. The molecule has 10 heteroatoms. The number of hydrogen-bond acceptors (Lipinski definition) is 8. The van der Waals surface area contributed by atoms with E-state index in [0.717, 1.165) is 30.6 Å². The molecule has 5 rings (SSSR count). The molecule has 0 aliphatic carbocycles. The van der Waals surface area contributed by atoms with Crippen molar-refractivity contribution in [3.8, 4) is 28.5 Å². The van der Waals surface area contributed by atoms with E-state index in [4.69, 9.17) is 9.15 Å².